The lowest BCUT2D eigenvalue weighted by molar-refractivity contribution is -0.126. The number of aldehydes is 1. The molecule has 1 aromatic heterocycles. The molecule has 0 spiro atoms. The van der Waals surface area contributed by atoms with Crippen LogP contribution in [0.1, 0.15) is 43.6 Å². The van der Waals surface area contributed by atoms with E-state index in [2.05, 4.69) is 26.6 Å². The van der Waals surface area contributed by atoms with Gasteiger partial charge in [0.15, 0.2) is 5.78 Å². The quantitative estimate of drug-likeness (QED) is 0.360. The molecule has 2 aliphatic rings. The highest BCUT2D eigenvalue weighted by molar-refractivity contribution is 6.05. The molecule has 3 unspecified atom stereocenters. The molecule has 2 bridgehead atoms. The Labute approximate surface area is 206 Å². The summed E-state index contributed by atoms with van der Waals surface area (Å²) in [5.74, 6) is 0.315. The topological polar surface area (TPSA) is 137 Å². The third-order valence-corrected chi connectivity index (χ3v) is 5.91. The lowest BCUT2D eigenvalue weighted by Gasteiger charge is -2.29. The number of piperidine rings is 1. The average molecular weight is 488 g/mol. The van der Waals surface area contributed by atoms with Gasteiger partial charge in [-0.3, -0.25) is 24.0 Å². The van der Waals surface area contributed by atoms with E-state index in [1.54, 1.807) is 10.8 Å². The second-order valence-electron chi connectivity index (χ2n) is 8.22. The van der Waals surface area contributed by atoms with Gasteiger partial charge in [-0.2, -0.15) is 5.10 Å². The summed E-state index contributed by atoms with van der Waals surface area (Å²) in [6.45, 7) is 7.25. The summed E-state index contributed by atoms with van der Waals surface area (Å²) >= 11 is 0. The van der Waals surface area contributed by atoms with Gasteiger partial charge >= 0.3 is 0 Å². The van der Waals surface area contributed by atoms with E-state index in [1.807, 2.05) is 39.2 Å². The fraction of sp³-hybridized carbons (Fsp3) is 0.480. The van der Waals surface area contributed by atoms with Crippen molar-refractivity contribution >= 4 is 41.0 Å². The zero-order chi connectivity index (χ0) is 26.5. The Bertz CT molecular complexity index is 1020. The second-order valence-corrected chi connectivity index (χ2v) is 8.22. The molecule has 4 rings (SSSR count). The fourth-order valence-corrected chi connectivity index (χ4v) is 4.45. The second kappa shape index (κ2) is 14.7. The van der Waals surface area contributed by atoms with Crippen LogP contribution in [0.3, 0.4) is 0 Å². The predicted octanol–water partition coefficient (Wildman–Crippen LogP) is 2.42. The first-order chi connectivity index (χ1) is 16.7. The molecule has 2 aromatic rings. The van der Waals surface area contributed by atoms with Crippen molar-refractivity contribution in [3.63, 3.8) is 0 Å². The van der Waals surface area contributed by atoms with Crippen LogP contribution in [0.25, 0.3) is 10.9 Å². The smallest absolute Gasteiger partial charge is 0.292 e. The van der Waals surface area contributed by atoms with Gasteiger partial charge in [-0.1, -0.05) is 6.08 Å². The van der Waals surface area contributed by atoms with Crippen molar-refractivity contribution in [1.29, 1.82) is 0 Å². The Morgan fingerprint density at radius 3 is 2.34 bits per heavy atom. The number of ketones is 1. The van der Waals surface area contributed by atoms with E-state index in [0.29, 0.717) is 24.1 Å². The maximum Gasteiger partial charge on any atom is 0.292 e. The van der Waals surface area contributed by atoms with E-state index in [-0.39, 0.29) is 24.3 Å². The van der Waals surface area contributed by atoms with E-state index in [4.69, 9.17) is 10.5 Å². The number of nitrogens with zero attached hydrogens (tertiary/aromatic N) is 3. The number of ether oxygens (including phenoxy) is 1. The molecule has 10 nitrogen and oxygen atoms in total. The maximum absolute atomic E-state index is 11.5. The molecule has 1 saturated heterocycles. The Balaban J connectivity index is 0.000000290. The Morgan fingerprint density at radius 2 is 1.94 bits per heavy atom. The van der Waals surface area contributed by atoms with Crippen molar-refractivity contribution in [2.45, 2.75) is 51.7 Å². The number of carbonyl (C=O) groups is 4. The highest BCUT2D eigenvalue weighted by Gasteiger charge is 2.46. The SMILES string of the molecule is C=CC.CN1C2CCC(C2)C1C(N)=O.CNc1ccc2c(c1)c(C(C)=O)nn2CC=O.COC=O. The molecule has 1 aromatic carbocycles. The lowest BCUT2D eigenvalue weighted by Crippen LogP contribution is -2.46. The van der Waals surface area contributed by atoms with Gasteiger partial charge in [-0.15, -0.1) is 6.58 Å². The lowest BCUT2D eigenvalue weighted by atomic mass is 9.99. The molecule has 3 atom stereocenters. The molecule has 0 radical (unpaired) electrons. The van der Waals surface area contributed by atoms with Crippen molar-refractivity contribution < 1.29 is 23.9 Å². The van der Waals surface area contributed by atoms with Crippen molar-refractivity contribution in [2.75, 3.05) is 26.5 Å². The number of Topliss-reactive ketones (excluding diaryl/α,β-unsaturated/α-hetero) is 1. The van der Waals surface area contributed by atoms with Crippen molar-refractivity contribution in [3.05, 3.63) is 36.5 Å². The summed E-state index contributed by atoms with van der Waals surface area (Å²) in [5, 5.41) is 7.94. The van der Waals surface area contributed by atoms with Gasteiger partial charge in [-0.05, 0) is 57.4 Å². The van der Waals surface area contributed by atoms with E-state index in [0.717, 1.165) is 22.9 Å². The number of benzene rings is 1. The Morgan fingerprint density at radius 1 is 1.31 bits per heavy atom. The van der Waals surface area contributed by atoms with Gasteiger partial charge in [0.25, 0.3) is 6.47 Å². The highest BCUT2D eigenvalue weighted by atomic mass is 16.5. The summed E-state index contributed by atoms with van der Waals surface area (Å²) in [7, 11) is 5.14. The molecule has 3 N–H and O–H groups in total. The number of aromatic nitrogens is 2. The van der Waals surface area contributed by atoms with Crippen molar-refractivity contribution in [3.8, 4) is 0 Å². The third kappa shape index (κ3) is 7.74. The minimum Gasteiger partial charge on any atom is -0.471 e. The number of carbonyl (C=O) groups excluding carboxylic acids is 4. The molecule has 35 heavy (non-hydrogen) atoms. The summed E-state index contributed by atoms with van der Waals surface area (Å²) in [6.07, 6.45) is 6.15. The van der Waals surface area contributed by atoms with E-state index in [1.165, 1.54) is 33.3 Å². The fourth-order valence-electron chi connectivity index (χ4n) is 4.45. The minimum absolute atomic E-state index is 0.0359. The van der Waals surface area contributed by atoms with Crippen LogP contribution in [-0.4, -0.2) is 72.4 Å². The van der Waals surface area contributed by atoms with Gasteiger partial charge in [0.1, 0.15) is 12.0 Å². The van der Waals surface area contributed by atoms with Crippen LogP contribution in [0.15, 0.2) is 30.9 Å². The molecule has 1 saturated carbocycles. The Hall–Kier alpha value is -3.53. The maximum atomic E-state index is 11.5. The van der Waals surface area contributed by atoms with Gasteiger partial charge in [0.05, 0.1) is 25.2 Å². The van der Waals surface area contributed by atoms with Gasteiger partial charge < -0.3 is 20.6 Å². The largest absolute Gasteiger partial charge is 0.471 e. The number of rotatable bonds is 6. The summed E-state index contributed by atoms with van der Waals surface area (Å²) in [6, 6.07) is 6.27. The third-order valence-electron chi connectivity index (χ3n) is 5.91. The number of methoxy groups -OCH3 is 1. The monoisotopic (exact) mass is 487 g/mol. The van der Waals surface area contributed by atoms with Crippen LogP contribution in [0.4, 0.5) is 5.69 Å². The van der Waals surface area contributed by atoms with Crippen LogP contribution in [0, 0.1) is 5.92 Å². The van der Waals surface area contributed by atoms with E-state index in [9.17, 15) is 14.4 Å². The molecule has 1 aliphatic heterocycles. The number of primary amides is 1. The van der Waals surface area contributed by atoms with Crippen LogP contribution in [0.5, 0.6) is 0 Å². The van der Waals surface area contributed by atoms with Crippen LogP contribution < -0.4 is 11.1 Å². The van der Waals surface area contributed by atoms with Crippen molar-refractivity contribution in [2.24, 2.45) is 11.7 Å². The number of allylic oxidation sites excluding steroid dienone is 1. The first kappa shape index (κ1) is 29.5. The number of nitrogens with two attached hydrogens (primary N) is 1. The number of amides is 1. The molecule has 2 heterocycles. The number of fused-ring (bicyclic) bond motifs is 3. The number of hydrogen-bond donors (Lipinski definition) is 2. The normalized spacial score (nSPS) is 19.6. The highest BCUT2D eigenvalue weighted by Crippen LogP contribution is 2.40. The number of nitrogens with one attached hydrogen (secondary N) is 1. The standard InChI is InChI=1S/C12H13N3O2.C8H14N2O.C3H6.C2H4O2/c1-8(17)12-10-7-9(13-2)3-4-11(10)15(14-12)5-6-16;1-10-6-3-2-5(4-6)7(10)8(9)11;1-3-2;1-4-2-3/h3-4,6-7,13H,5H2,1-2H3;5-7H,2-4H2,1H3,(H2,9,11);3H,1H2,2H3;2H,1H3. The summed E-state index contributed by atoms with van der Waals surface area (Å²) < 4.78 is 5.40. The first-order valence-electron chi connectivity index (χ1n) is 11.4. The zero-order valence-corrected chi connectivity index (χ0v) is 21.2. The molecule has 1 aliphatic carbocycles. The molecule has 2 fully saturated rings. The predicted molar refractivity (Wildman–Crippen MR) is 136 cm³/mol. The number of likely N-dealkylation sites (N-methyl/N-ethyl adjacent to an activating group) is 1. The van der Waals surface area contributed by atoms with Gasteiger partial charge in [-0.25, -0.2) is 0 Å². The Kier molecular flexibility index (Phi) is 12.4. The van der Waals surface area contributed by atoms with Crippen LogP contribution >= 0.6 is 0 Å². The number of anilines is 1. The summed E-state index contributed by atoms with van der Waals surface area (Å²) in [4.78, 5) is 44.1. The number of likely N-dealkylation sites (tertiary alicyclic amines) is 1. The minimum atomic E-state index is -0.139. The van der Waals surface area contributed by atoms with E-state index >= 15 is 0 Å². The molecule has 192 valence electrons. The molecular weight excluding hydrogens is 450 g/mol. The average Bonchev–Trinajstić information content (AvgIpc) is 3.53. The molecular formula is C25H37N5O5. The first-order valence-corrected chi connectivity index (χ1v) is 11.4. The van der Waals surface area contributed by atoms with Gasteiger partial charge in [0.2, 0.25) is 5.91 Å². The van der Waals surface area contributed by atoms with Crippen LogP contribution in [0.2, 0.25) is 0 Å². The van der Waals surface area contributed by atoms with Gasteiger partial charge in [0, 0.05) is 31.1 Å². The molecule has 1 amide bonds. The van der Waals surface area contributed by atoms with Crippen LogP contribution in [-0.2, 0) is 25.7 Å². The van der Waals surface area contributed by atoms with E-state index < -0.39 is 0 Å². The summed E-state index contributed by atoms with van der Waals surface area (Å²) in [5.41, 5.74) is 7.40. The zero-order valence-electron chi connectivity index (χ0n) is 21.2. The van der Waals surface area contributed by atoms with Crippen molar-refractivity contribution in [1.82, 2.24) is 14.7 Å². The number of hydrogen-bond acceptors (Lipinski definition) is 8. The molecule has 10 heteroatoms.